The van der Waals surface area contributed by atoms with Crippen molar-refractivity contribution in [2.24, 2.45) is 5.92 Å². The summed E-state index contributed by atoms with van der Waals surface area (Å²) in [5, 5.41) is 3.43. The Balaban J connectivity index is 3.44. The fourth-order valence-electron chi connectivity index (χ4n) is 1.22. The van der Waals surface area contributed by atoms with Crippen LogP contribution >= 0.6 is 0 Å². The second kappa shape index (κ2) is 7.84. The smallest absolute Gasteiger partial charge is 0.0598 e. The first kappa shape index (κ1) is 13.5. The van der Waals surface area contributed by atoms with Gasteiger partial charge in [0.15, 0.2) is 0 Å². The Morgan fingerprint density at radius 1 is 1.36 bits per heavy atom. The summed E-state index contributed by atoms with van der Waals surface area (Å²) < 4.78 is 0. The fraction of sp³-hybridized carbons (Fsp3) is 0.833. The summed E-state index contributed by atoms with van der Waals surface area (Å²) >= 11 is 0. The highest BCUT2D eigenvalue weighted by Gasteiger charge is 2.06. The van der Waals surface area contributed by atoms with Gasteiger partial charge in [-0.15, -0.1) is 6.42 Å². The largest absolute Gasteiger partial charge is 0.316 e. The lowest BCUT2D eigenvalue weighted by molar-refractivity contribution is 0.272. The van der Waals surface area contributed by atoms with Gasteiger partial charge in [-0.3, -0.25) is 4.90 Å². The highest BCUT2D eigenvalue weighted by molar-refractivity contribution is 4.88. The second-order valence-corrected chi connectivity index (χ2v) is 4.35. The topological polar surface area (TPSA) is 15.3 Å². The molecule has 0 spiro atoms. The van der Waals surface area contributed by atoms with Gasteiger partial charge in [-0.05, 0) is 39.4 Å². The number of hydrogen-bond donors (Lipinski definition) is 1. The minimum absolute atomic E-state index is 0.561. The highest BCUT2D eigenvalue weighted by Crippen LogP contribution is 1.99. The monoisotopic (exact) mass is 196 g/mol. The average molecular weight is 196 g/mol. The van der Waals surface area contributed by atoms with Crippen LogP contribution in [0.3, 0.4) is 0 Å². The normalized spacial score (nSPS) is 13.2. The summed E-state index contributed by atoms with van der Waals surface area (Å²) in [6, 6.07) is 0.561. The summed E-state index contributed by atoms with van der Waals surface area (Å²) in [4.78, 5) is 2.21. The van der Waals surface area contributed by atoms with Crippen molar-refractivity contribution in [2.75, 3.05) is 26.7 Å². The van der Waals surface area contributed by atoms with Crippen LogP contribution in [0.25, 0.3) is 0 Å². The molecular formula is C12H24N2. The highest BCUT2D eigenvalue weighted by atomic mass is 15.1. The molecule has 0 radical (unpaired) electrons. The summed E-state index contributed by atoms with van der Waals surface area (Å²) in [7, 11) is 2.08. The van der Waals surface area contributed by atoms with Crippen molar-refractivity contribution >= 4 is 0 Å². The number of nitrogens with one attached hydrogen (secondary N) is 1. The zero-order valence-electron chi connectivity index (χ0n) is 10.0. The Labute approximate surface area is 89.1 Å². The molecule has 2 nitrogen and oxygen atoms in total. The van der Waals surface area contributed by atoms with Crippen LogP contribution < -0.4 is 5.32 Å². The van der Waals surface area contributed by atoms with Crippen molar-refractivity contribution in [2.45, 2.75) is 33.2 Å². The SMILES string of the molecule is C#CCN(C)C(C)CCNCC(C)C. The van der Waals surface area contributed by atoms with E-state index in [1.54, 1.807) is 0 Å². The fourth-order valence-corrected chi connectivity index (χ4v) is 1.22. The van der Waals surface area contributed by atoms with Gasteiger partial charge in [0.2, 0.25) is 0 Å². The molecule has 2 heteroatoms. The van der Waals surface area contributed by atoms with Crippen molar-refractivity contribution in [3.8, 4) is 12.3 Å². The first-order chi connectivity index (χ1) is 6.57. The van der Waals surface area contributed by atoms with Gasteiger partial charge in [0.25, 0.3) is 0 Å². The zero-order valence-corrected chi connectivity index (χ0v) is 10.0. The summed E-state index contributed by atoms with van der Waals surface area (Å²) in [6.07, 6.45) is 6.41. The maximum Gasteiger partial charge on any atom is 0.0598 e. The third-order valence-electron chi connectivity index (χ3n) is 2.38. The summed E-state index contributed by atoms with van der Waals surface area (Å²) in [5.41, 5.74) is 0. The molecule has 0 amide bonds. The van der Waals surface area contributed by atoms with Crippen molar-refractivity contribution in [1.29, 1.82) is 0 Å². The summed E-state index contributed by atoms with van der Waals surface area (Å²) in [6.45, 7) is 9.58. The van der Waals surface area contributed by atoms with Gasteiger partial charge in [-0.25, -0.2) is 0 Å². The Kier molecular flexibility index (Phi) is 7.55. The molecule has 0 fully saturated rings. The molecule has 0 aromatic heterocycles. The Hall–Kier alpha value is -0.520. The van der Waals surface area contributed by atoms with Gasteiger partial charge in [-0.2, -0.15) is 0 Å². The third-order valence-corrected chi connectivity index (χ3v) is 2.38. The molecule has 0 aliphatic heterocycles. The first-order valence-corrected chi connectivity index (χ1v) is 5.42. The lowest BCUT2D eigenvalue weighted by Crippen LogP contribution is -2.33. The molecule has 82 valence electrons. The summed E-state index contributed by atoms with van der Waals surface area (Å²) in [5.74, 6) is 3.39. The minimum Gasteiger partial charge on any atom is -0.316 e. The number of rotatable bonds is 7. The minimum atomic E-state index is 0.561. The van der Waals surface area contributed by atoms with Crippen LogP contribution in [0.15, 0.2) is 0 Å². The van der Waals surface area contributed by atoms with Crippen LogP contribution in [0.2, 0.25) is 0 Å². The van der Waals surface area contributed by atoms with E-state index in [0.717, 1.165) is 32.0 Å². The van der Waals surface area contributed by atoms with Crippen molar-refractivity contribution < 1.29 is 0 Å². The molecule has 0 bridgehead atoms. The van der Waals surface area contributed by atoms with E-state index in [9.17, 15) is 0 Å². The average Bonchev–Trinajstić information content (AvgIpc) is 2.12. The molecule has 0 aromatic rings. The molecular weight excluding hydrogens is 172 g/mol. The van der Waals surface area contributed by atoms with E-state index in [4.69, 9.17) is 6.42 Å². The van der Waals surface area contributed by atoms with E-state index in [2.05, 4.69) is 44.0 Å². The predicted octanol–water partition coefficient (Wildman–Crippen LogP) is 1.58. The molecule has 0 saturated heterocycles. The molecule has 0 heterocycles. The maximum absolute atomic E-state index is 5.25. The van der Waals surface area contributed by atoms with E-state index >= 15 is 0 Å². The zero-order chi connectivity index (χ0) is 11.0. The van der Waals surface area contributed by atoms with Gasteiger partial charge >= 0.3 is 0 Å². The molecule has 0 aromatic carbocycles. The molecule has 0 aliphatic carbocycles. The third kappa shape index (κ3) is 6.94. The predicted molar refractivity (Wildman–Crippen MR) is 63.2 cm³/mol. The molecule has 0 aliphatic rings. The molecule has 0 saturated carbocycles. The van der Waals surface area contributed by atoms with E-state index in [-0.39, 0.29) is 0 Å². The van der Waals surface area contributed by atoms with Crippen LogP contribution in [0.1, 0.15) is 27.2 Å². The van der Waals surface area contributed by atoms with Gasteiger partial charge in [-0.1, -0.05) is 19.8 Å². The number of terminal acetylenes is 1. The van der Waals surface area contributed by atoms with Crippen molar-refractivity contribution in [3.05, 3.63) is 0 Å². The standard InChI is InChI=1S/C12H24N2/c1-6-9-14(5)12(4)7-8-13-10-11(2)3/h1,11-13H,7-10H2,2-5H3. The molecule has 14 heavy (non-hydrogen) atoms. The van der Waals surface area contributed by atoms with E-state index in [1.807, 2.05) is 0 Å². The second-order valence-electron chi connectivity index (χ2n) is 4.35. The van der Waals surface area contributed by atoms with Gasteiger partial charge in [0, 0.05) is 6.04 Å². The van der Waals surface area contributed by atoms with Crippen LogP contribution in [0.4, 0.5) is 0 Å². The quantitative estimate of drug-likeness (QED) is 0.491. The Morgan fingerprint density at radius 2 is 2.00 bits per heavy atom. The Morgan fingerprint density at radius 3 is 2.50 bits per heavy atom. The Bertz CT molecular complexity index is 170. The lowest BCUT2D eigenvalue weighted by Gasteiger charge is -2.22. The van der Waals surface area contributed by atoms with Crippen molar-refractivity contribution in [1.82, 2.24) is 10.2 Å². The number of nitrogens with zero attached hydrogens (tertiary/aromatic N) is 1. The maximum atomic E-state index is 5.25. The van der Waals surface area contributed by atoms with Gasteiger partial charge in [0.05, 0.1) is 6.54 Å². The molecule has 1 unspecified atom stereocenters. The van der Waals surface area contributed by atoms with Gasteiger partial charge < -0.3 is 5.32 Å². The number of hydrogen-bond acceptors (Lipinski definition) is 2. The van der Waals surface area contributed by atoms with E-state index < -0.39 is 0 Å². The van der Waals surface area contributed by atoms with Crippen LogP contribution in [0, 0.1) is 18.3 Å². The van der Waals surface area contributed by atoms with E-state index in [1.165, 1.54) is 0 Å². The molecule has 1 atom stereocenters. The molecule has 1 N–H and O–H groups in total. The first-order valence-electron chi connectivity index (χ1n) is 5.42. The van der Waals surface area contributed by atoms with Crippen LogP contribution in [-0.2, 0) is 0 Å². The lowest BCUT2D eigenvalue weighted by atomic mass is 10.2. The van der Waals surface area contributed by atoms with Crippen molar-refractivity contribution in [3.63, 3.8) is 0 Å². The van der Waals surface area contributed by atoms with Gasteiger partial charge in [0.1, 0.15) is 0 Å². The van der Waals surface area contributed by atoms with Crippen LogP contribution in [0.5, 0.6) is 0 Å². The molecule has 0 rings (SSSR count). The van der Waals surface area contributed by atoms with E-state index in [0.29, 0.717) is 6.04 Å². The van der Waals surface area contributed by atoms with Crippen LogP contribution in [-0.4, -0.2) is 37.6 Å².